The van der Waals surface area contributed by atoms with Crippen LogP contribution in [0.4, 0.5) is 5.69 Å². The predicted molar refractivity (Wildman–Crippen MR) is 124 cm³/mol. The number of aromatic nitrogens is 3. The maximum absolute atomic E-state index is 12.6. The smallest absolute Gasteiger partial charge is 0.234 e. The van der Waals surface area contributed by atoms with Crippen molar-refractivity contribution in [3.05, 3.63) is 47.3 Å². The molecule has 0 radical (unpaired) electrons. The van der Waals surface area contributed by atoms with E-state index in [1.807, 2.05) is 17.7 Å². The van der Waals surface area contributed by atoms with E-state index in [1.54, 1.807) is 0 Å². The number of aryl methyl sites for hydroxylation is 3. The van der Waals surface area contributed by atoms with Gasteiger partial charge in [0, 0.05) is 24.5 Å². The van der Waals surface area contributed by atoms with E-state index in [4.69, 9.17) is 0 Å². The number of amides is 1. The van der Waals surface area contributed by atoms with Crippen molar-refractivity contribution >= 4 is 34.1 Å². The summed E-state index contributed by atoms with van der Waals surface area (Å²) in [5, 5.41) is 15.0. The molecule has 0 fully saturated rings. The first kappa shape index (κ1) is 20.9. The number of benzene rings is 2. The van der Waals surface area contributed by atoms with Crippen LogP contribution in [-0.2, 0) is 31.1 Å². The topological polar surface area (TPSA) is 59.8 Å². The Balaban J connectivity index is 1.33. The predicted octanol–water partition coefficient (Wildman–Crippen LogP) is 5.31. The van der Waals surface area contributed by atoms with Gasteiger partial charge in [-0.05, 0) is 41.8 Å². The average molecular weight is 423 g/mol. The van der Waals surface area contributed by atoms with Gasteiger partial charge in [0.2, 0.25) is 5.91 Å². The van der Waals surface area contributed by atoms with Gasteiger partial charge in [-0.15, -0.1) is 10.2 Å². The van der Waals surface area contributed by atoms with E-state index in [2.05, 4.69) is 46.7 Å². The Morgan fingerprint density at radius 1 is 1.07 bits per heavy atom. The molecule has 5 nitrogen and oxygen atoms in total. The second-order valence-corrected chi connectivity index (χ2v) is 9.01. The number of nitrogens with zero attached hydrogens (tertiary/aromatic N) is 3. The third kappa shape index (κ3) is 4.53. The fourth-order valence-corrected chi connectivity index (χ4v) is 4.98. The number of rotatable bonds is 10. The van der Waals surface area contributed by atoms with Crippen molar-refractivity contribution in [2.24, 2.45) is 7.05 Å². The Morgan fingerprint density at radius 3 is 2.70 bits per heavy atom. The lowest BCUT2D eigenvalue weighted by Crippen LogP contribution is -2.15. The second kappa shape index (κ2) is 9.65. The Labute approximate surface area is 182 Å². The van der Waals surface area contributed by atoms with Gasteiger partial charge in [0.15, 0.2) is 5.16 Å². The van der Waals surface area contributed by atoms with Crippen LogP contribution in [0.2, 0.25) is 0 Å². The number of nitrogens with one attached hydrogen (secondary N) is 1. The second-order valence-electron chi connectivity index (χ2n) is 8.07. The van der Waals surface area contributed by atoms with E-state index in [9.17, 15) is 4.79 Å². The van der Waals surface area contributed by atoms with Gasteiger partial charge in [-0.1, -0.05) is 68.6 Å². The number of anilines is 1. The average Bonchev–Trinajstić information content (AvgIpc) is 3.33. The van der Waals surface area contributed by atoms with Gasteiger partial charge >= 0.3 is 0 Å². The highest BCUT2D eigenvalue weighted by atomic mass is 32.2. The van der Waals surface area contributed by atoms with Crippen molar-refractivity contribution in [3.8, 4) is 0 Å². The van der Waals surface area contributed by atoms with Gasteiger partial charge in [-0.25, -0.2) is 0 Å². The lowest BCUT2D eigenvalue weighted by atomic mass is 10.0. The molecule has 1 heterocycles. The van der Waals surface area contributed by atoms with E-state index in [-0.39, 0.29) is 5.91 Å². The Morgan fingerprint density at radius 2 is 1.87 bits per heavy atom. The fourth-order valence-electron chi connectivity index (χ4n) is 4.25. The lowest BCUT2D eigenvalue weighted by molar-refractivity contribution is -0.113. The first-order valence-electron chi connectivity index (χ1n) is 11.0. The molecule has 0 unspecified atom stereocenters. The molecule has 6 heteroatoms. The maximum Gasteiger partial charge on any atom is 0.234 e. The van der Waals surface area contributed by atoms with Crippen molar-refractivity contribution < 1.29 is 4.79 Å². The summed E-state index contributed by atoms with van der Waals surface area (Å²) < 4.78 is 2.02. The summed E-state index contributed by atoms with van der Waals surface area (Å²) in [5.74, 6) is 1.32. The van der Waals surface area contributed by atoms with E-state index in [0.717, 1.165) is 47.7 Å². The summed E-state index contributed by atoms with van der Waals surface area (Å²) in [4.78, 5) is 12.6. The summed E-state index contributed by atoms with van der Waals surface area (Å²) in [7, 11) is 1.99. The highest BCUT2D eigenvalue weighted by Gasteiger charge is 2.17. The summed E-state index contributed by atoms with van der Waals surface area (Å²) in [5.41, 5.74) is 3.66. The molecular formula is C24H30N4OS. The normalized spacial score (nSPS) is 12.6. The minimum Gasteiger partial charge on any atom is -0.325 e. The van der Waals surface area contributed by atoms with Gasteiger partial charge in [0.1, 0.15) is 5.82 Å². The lowest BCUT2D eigenvalue weighted by Gasteiger charge is -2.10. The first-order valence-corrected chi connectivity index (χ1v) is 12.0. The minimum absolute atomic E-state index is 0.0113. The van der Waals surface area contributed by atoms with Crippen LogP contribution in [-0.4, -0.2) is 26.4 Å². The molecule has 1 aliphatic carbocycles. The zero-order valence-corrected chi connectivity index (χ0v) is 18.7. The van der Waals surface area contributed by atoms with Gasteiger partial charge < -0.3 is 9.88 Å². The summed E-state index contributed by atoms with van der Waals surface area (Å²) in [6.45, 7) is 2.23. The molecule has 1 N–H and O–H groups in total. The molecule has 0 saturated carbocycles. The molecule has 0 bridgehead atoms. The molecule has 158 valence electrons. The molecule has 1 aromatic heterocycles. The van der Waals surface area contributed by atoms with Crippen LogP contribution in [0.5, 0.6) is 0 Å². The zero-order chi connectivity index (χ0) is 20.9. The molecule has 1 amide bonds. The molecule has 0 spiro atoms. The van der Waals surface area contributed by atoms with E-state index < -0.39 is 0 Å². The van der Waals surface area contributed by atoms with E-state index in [0.29, 0.717) is 5.75 Å². The minimum atomic E-state index is -0.0113. The Kier molecular flexibility index (Phi) is 6.72. The fraction of sp³-hybridized carbons (Fsp3) is 0.458. The van der Waals surface area contributed by atoms with Crippen molar-refractivity contribution in [3.63, 3.8) is 0 Å². The van der Waals surface area contributed by atoms with Crippen LogP contribution < -0.4 is 5.32 Å². The molecule has 0 atom stereocenters. The van der Waals surface area contributed by atoms with Gasteiger partial charge in [-0.3, -0.25) is 4.79 Å². The van der Waals surface area contributed by atoms with Crippen LogP contribution in [0, 0.1) is 0 Å². The van der Waals surface area contributed by atoms with E-state index >= 15 is 0 Å². The van der Waals surface area contributed by atoms with Crippen LogP contribution in [0.15, 0.2) is 35.5 Å². The SMILES string of the molecule is CCCCCCCc1nnc(SCC(=O)Nc2ccc3c4c(cccc24)CC3)n1C. The van der Waals surface area contributed by atoms with Crippen molar-refractivity contribution in [2.45, 2.75) is 63.4 Å². The molecule has 0 saturated heterocycles. The summed E-state index contributed by atoms with van der Waals surface area (Å²) >= 11 is 1.44. The molecule has 30 heavy (non-hydrogen) atoms. The quantitative estimate of drug-likeness (QED) is 0.355. The molecule has 1 aliphatic rings. The summed E-state index contributed by atoms with van der Waals surface area (Å²) in [6, 6.07) is 10.6. The van der Waals surface area contributed by atoms with Crippen molar-refractivity contribution in [1.29, 1.82) is 0 Å². The van der Waals surface area contributed by atoms with Gasteiger partial charge in [-0.2, -0.15) is 0 Å². The molecule has 0 aliphatic heterocycles. The third-order valence-electron chi connectivity index (χ3n) is 5.91. The molecular weight excluding hydrogens is 392 g/mol. The molecule has 3 aromatic rings. The highest BCUT2D eigenvalue weighted by molar-refractivity contribution is 7.99. The van der Waals surface area contributed by atoms with Crippen LogP contribution >= 0.6 is 11.8 Å². The molecule has 4 rings (SSSR count). The van der Waals surface area contributed by atoms with Crippen LogP contribution in [0.1, 0.15) is 56.0 Å². The number of unbranched alkanes of at least 4 members (excludes halogenated alkanes) is 4. The largest absolute Gasteiger partial charge is 0.325 e. The van der Waals surface area contributed by atoms with Gasteiger partial charge in [0.25, 0.3) is 0 Å². The standard InChI is InChI=1S/C24H30N4OS/c1-3-4-5-6-7-11-21-26-27-24(28(21)2)30-16-22(29)25-20-15-14-18-13-12-17-9-8-10-19(20)23(17)18/h8-10,14-15H,3-7,11-13,16H2,1-2H3,(H,25,29). The number of thioether (sulfide) groups is 1. The Bertz CT molecular complexity index is 1030. The number of carbonyl (C=O) groups is 1. The third-order valence-corrected chi connectivity index (χ3v) is 6.93. The molecule has 2 aromatic carbocycles. The van der Waals surface area contributed by atoms with Crippen LogP contribution in [0.25, 0.3) is 10.8 Å². The highest BCUT2D eigenvalue weighted by Crippen LogP contribution is 2.35. The number of hydrogen-bond acceptors (Lipinski definition) is 4. The summed E-state index contributed by atoms with van der Waals surface area (Å²) in [6.07, 6.45) is 9.35. The monoisotopic (exact) mass is 422 g/mol. The van der Waals surface area contributed by atoms with Crippen molar-refractivity contribution in [2.75, 3.05) is 11.1 Å². The maximum atomic E-state index is 12.6. The van der Waals surface area contributed by atoms with Crippen molar-refractivity contribution in [1.82, 2.24) is 14.8 Å². The van der Waals surface area contributed by atoms with Crippen LogP contribution in [0.3, 0.4) is 0 Å². The first-order chi connectivity index (χ1) is 14.7. The number of hydrogen-bond donors (Lipinski definition) is 1. The van der Waals surface area contributed by atoms with Gasteiger partial charge in [0.05, 0.1) is 5.75 Å². The Hall–Kier alpha value is -2.34. The zero-order valence-electron chi connectivity index (χ0n) is 17.9. The number of carbonyl (C=O) groups excluding carboxylic acids is 1. The van der Waals surface area contributed by atoms with E-state index in [1.165, 1.54) is 54.0 Å².